The number of ether oxygens (including phenoxy) is 2. The van der Waals surface area contributed by atoms with E-state index in [1.54, 1.807) is 0 Å². The molecule has 1 amide bonds. The Morgan fingerprint density at radius 3 is 1.79 bits per heavy atom. The Morgan fingerprint density at radius 1 is 0.810 bits per heavy atom. The van der Waals surface area contributed by atoms with Crippen LogP contribution in [0.5, 0.6) is 11.5 Å². The van der Waals surface area contributed by atoms with Gasteiger partial charge in [-0.15, -0.1) is 12.4 Å². The highest BCUT2D eigenvalue weighted by Gasteiger charge is 2.54. The zero-order chi connectivity index (χ0) is 29.1. The quantitative estimate of drug-likeness (QED) is 0.272. The molecular formula is C32H39Cl3N4O3. The topological polar surface area (TPSA) is 74.9 Å². The van der Waals surface area contributed by atoms with Crippen molar-refractivity contribution in [2.24, 2.45) is 0 Å². The fourth-order valence-electron chi connectivity index (χ4n) is 5.57. The van der Waals surface area contributed by atoms with E-state index < -0.39 is 5.66 Å². The first-order valence-corrected chi connectivity index (χ1v) is 15.0. The Balaban J connectivity index is 0.00000405. The molecule has 0 aromatic heterocycles. The van der Waals surface area contributed by atoms with Gasteiger partial charge in [-0.3, -0.25) is 15.4 Å². The normalized spacial score (nSPS) is 22.2. The van der Waals surface area contributed by atoms with Gasteiger partial charge in [0.2, 0.25) is 0 Å². The van der Waals surface area contributed by atoms with Gasteiger partial charge < -0.3 is 19.7 Å². The van der Waals surface area contributed by atoms with Crippen molar-refractivity contribution < 1.29 is 14.3 Å². The first-order chi connectivity index (χ1) is 19.7. The molecule has 3 aromatic rings. The van der Waals surface area contributed by atoms with Crippen LogP contribution in [0.4, 0.5) is 0 Å². The summed E-state index contributed by atoms with van der Waals surface area (Å²) in [6, 6.07) is 20.7. The Kier molecular flexibility index (Phi) is 10.7. The minimum Gasteiger partial charge on any atom is -0.491 e. The summed E-state index contributed by atoms with van der Waals surface area (Å²) in [4.78, 5) is 16.7. The maximum atomic E-state index is 14.8. The lowest BCUT2D eigenvalue weighted by molar-refractivity contribution is -0.140. The third-order valence-corrected chi connectivity index (χ3v) is 7.85. The number of halogens is 3. The molecule has 7 nitrogen and oxygen atoms in total. The largest absolute Gasteiger partial charge is 0.491 e. The summed E-state index contributed by atoms with van der Waals surface area (Å²) in [5.74, 6) is 1.22. The maximum Gasteiger partial charge on any atom is 0.262 e. The van der Waals surface area contributed by atoms with E-state index in [9.17, 15) is 4.79 Å². The second-order valence-electron chi connectivity index (χ2n) is 11.1. The lowest BCUT2D eigenvalue weighted by atomic mass is 9.95. The number of rotatable bonds is 8. The van der Waals surface area contributed by atoms with Crippen LogP contribution >= 0.6 is 35.6 Å². The van der Waals surface area contributed by atoms with Gasteiger partial charge >= 0.3 is 0 Å². The molecule has 0 radical (unpaired) electrons. The fraction of sp³-hybridized carbons (Fsp3) is 0.406. The summed E-state index contributed by atoms with van der Waals surface area (Å²) in [6.07, 6.45) is -0.134. The number of carbonyl (C=O) groups excluding carboxylic acids is 1. The molecule has 2 atom stereocenters. The van der Waals surface area contributed by atoms with Crippen LogP contribution in [0.3, 0.4) is 0 Å². The van der Waals surface area contributed by atoms with Crippen molar-refractivity contribution in [3.05, 3.63) is 93.5 Å². The molecule has 2 saturated heterocycles. The zero-order valence-corrected chi connectivity index (χ0v) is 26.7. The third kappa shape index (κ3) is 6.99. The first kappa shape index (κ1) is 32.4. The molecule has 0 aliphatic carbocycles. The zero-order valence-electron chi connectivity index (χ0n) is 24.3. The van der Waals surface area contributed by atoms with Gasteiger partial charge in [0.1, 0.15) is 11.5 Å². The standard InChI is InChI=1S/C32H38Cl2N4O3.ClH/c1-20(2)40-26-13-14-28(41-21(3)4)27(19-26)32(31(39)38-17-15-35-16-18-38)36-29(22-5-9-24(33)10-6-22)30(37-32)23-7-11-25(34)12-8-23;/h5-14,19-21,29-30,35-37H,15-18H2,1-4H3;1H. The van der Waals surface area contributed by atoms with E-state index in [1.807, 2.05) is 99.3 Å². The average molecular weight is 634 g/mol. The van der Waals surface area contributed by atoms with Gasteiger partial charge in [0.05, 0.1) is 24.3 Å². The number of nitrogens with zero attached hydrogens (tertiary/aromatic N) is 1. The van der Waals surface area contributed by atoms with Gasteiger partial charge in [-0.05, 0) is 81.3 Å². The summed E-state index contributed by atoms with van der Waals surface area (Å²) in [5.41, 5.74) is 1.37. The predicted octanol–water partition coefficient (Wildman–Crippen LogP) is 6.25. The summed E-state index contributed by atoms with van der Waals surface area (Å²) in [7, 11) is 0. The van der Waals surface area contributed by atoms with Crippen molar-refractivity contribution in [2.45, 2.75) is 57.6 Å². The summed E-state index contributed by atoms with van der Waals surface area (Å²) >= 11 is 12.5. The highest BCUT2D eigenvalue weighted by atomic mass is 35.5. The summed E-state index contributed by atoms with van der Waals surface area (Å²) < 4.78 is 12.5. The molecule has 5 rings (SSSR count). The lowest BCUT2D eigenvalue weighted by Gasteiger charge is -2.38. The maximum absolute atomic E-state index is 14.8. The van der Waals surface area contributed by atoms with Crippen LogP contribution in [0.1, 0.15) is 56.5 Å². The highest BCUT2D eigenvalue weighted by molar-refractivity contribution is 6.30. The smallest absolute Gasteiger partial charge is 0.262 e. The van der Waals surface area contributed by atoms with Gasteiger partial charge in [-0.2, -0.15) is 0 Å². The molecule has 42 heavy (non-hydrogen) atoms. The summed E-state index contributed by atoms with van der Waals surface area (Å²) in [5, 5.41) is 12.2. The van der Waals surface area contributed by atoms with Crippen LogP contribution in [0.15, 0.2) is 66.7 Å². The second-order valence-corrected chi connectivity index (χ2v) is 12.0. The SMILES string of the molecule is CC(C)Oc1ccc(OC(C)C)c(C2(C(=O)N3CCNCC3)NC(c3ccc(Cl)cc3)C(c3ccc(Cl)cc3)N2)c1.Cl. The Bertz CT molecular complexity index is 1290. The Hall–Kier alpha value is -2.52. The third-order valence-electron chi connectivity index (χ3n) is 7.35. The molecule has 2 fully saturated rings. The lowest BCUT2D eigenvalue weighted by Crippen LogP contribution is -2.61. The average Bonchev–Trinajstić information content (AvgIpc) is 3.36. The molecule has 0 saturated carbocycles. The van der Waals surface area contributed by atoms with Crippen molar-refractivity contribution in [2.75, 3.05) is 26.2 Å². The van der Waals surface area contributed by atoms with Crippen molar-refractivity contribution in [1.29, 1.82) is 0 Å². The Morgan fingerprint density at radius 2 is 1.31 bits per heavy atom. The molecule has 3 N–H and O–H groups in total. The van der Waals surface area contributed by atoms with Crippen LogP contribution in [0.2, 0.25) is 10.0 Å². The van der Waals surface area contributed by atoms with Gasteiger partial charge in [0.25, 0.3) is 5.91 Å². The molecule has 2 unspecified atom stereocenters. The number of nitrogens with one attached hydrogen (secondary N) is 3. The molecule has 0 spiro atoms. The minimum atomic E-state index is -1.31. The van der Waals surface area contributed by atoms with Gasteiger partial charge in [0, 0.05) is 41.8 Å². The van der Waals surface area contributed by atoms with E-state index in [2.05, 4.69) is 16.0 Å². The van der Waals surface area contributed by atoms with Crippen molar-refractivity contribution in [1.82, 2.24) is 20.9 Å². The molecule has 10 heteroatoms. The molecule has 0 bridgehead atoms. The molecule has 2 aliphatic heterocycles. The number of hydrogen-bond donors (Lipinski definition) is 3. The molecule has 2 heterocycles. The Labute approximate surface area is 264 Å². The van der Waals surface area contributed by atoms with E-state index in [1.165, 1.54) is 0 Å². The second kappa shape index (κ2) is 13.8. The number of benzene rings is 3. The molecule has 3 aromatic carbocycles. The van der Waals surface area contributed by atoms with E-state index in [0.29, 0.717) is 40.2 Å². The number of carbonyl (C=O) groups is 1. The summed E-state index contributed by atoms with van der Waals surface area (Å²) in [6.45, 7) is 10.6. The fourth-order valence-corrected chi connectivity index (χ4v) is 5.82. The van der Waals surface area contributed by atoms with Crippen LogP contribution in [-0.4, -0.2) is 49.2 Å². The predicted molar refractivity (Wildman–Crippen MR) is 171 cm³/mol. The van der Waals surface area contributed by atoms with Crippen molar-refractivity contribution >= 4 is 41.5 Å². The van der Waals surface area contributed by atoms with E-state index >= 15 is 0 Å². The first-order valence-electron chi connectivity index (χ1n) is 14.2. The monoisotopic (exact) mass is 632 g/mol. The minimum absolute atomic E-state index is 0. The van der Waals surface area contributed by atoms with Crippen molar-refractivity contribution in [3.8, 4) is 11.5 Å². The number of piperazine rings is 1. The van der Waals surface area contributed by atoms with Crippen molar-refractivity contribution in [3.63, 3.8) is 0 Å². The van der Waals surface area contributed by atoms with Gasteiger partial charge in [0.15, 0.2) is 5.66 Å². The van der Waals surface area contributed by atoms with E-state index in [-0.39, 0.29) is 42.6 Å². The van der Waals surface area contributed by atoms with Crippen LogP contribution in [0, 0.1) is 0 Å². The van der Waals surface area contributed by atoms with Crippen LogP contribution in [0.25, 0.3) is 0 Å². The van der Waals surface area contributed by atoms with Crippen LogP contribution in [-0.2, 0) is 10.5 Å². The number of amides is 1. The van der Waals surface area contributed by atoms with Crippen LogP contribution < -0.4 is 25.4 Å². The molecule has 2 aliphatic rings. The van der Waals surface area contributed by atoms with E-state index in [4.69, 9.17) is 32.7 Å². The van der Waals surface area contributed by atoms with Gasteiger partial charge in [-0.25, -0.2) is 0 Å². The number of hydrogen-bond acceptors (Lipinski definition) is 6. The molecular weight excluding hydrogens is 595 g/mol. The highest BCUT2D eigenvalue weighted by Crippen LogP contribution is 2.45. The van der Waals surface area contributed by atoms with E-state index in [0.717, 1.165) is 24.2 Å². The molecule has 226 valence electrons. The van der Waals surface area contributed by atoms with Gasteiger partial charge in [-0.1, -0.05) is 47.5 Å².